The summed E-state index contributed by atoms with van der Waals surface area (Å²) in [6, 6.07) is 5.36. The van der Waals surface area contributed by atoms with E-state index >= 15 is 0 Å². The van der Waals surface area contributed by atoms with Crippen LogP contribution in [0.15, 0.2) is 18.2 Å². The Hall–Kier alpha value is -2.28. The predicted molar refractivity (Wildman–Crippen MR) is 100 cm³/mol. The van der Waals surface area contributed by atoms with Crippen molar-refractivity contribution in [1.82, 2.24) is 5.32 Å². The van der Waals surface area contributed by atoms with Gasteiger partial charge in [0.25, 0.3) is 0 Å². The lowest BCUT2D eigenvalue weighted by Gasteiger charge is -2.23. The second kappa shape index (κ2) is 10.7. The molecule has 0 unspecified atom stereocenters. The molecule has 7 heteroatoms. The highest BCUT2D eigenvalue weighted by molar-refractivity contribution is 5.72. The second-order valence-electron chi connectivity index (χ2n) is 6.95. The normalized spacial score (nSPS) is 12.2. The number of alkyl carbamates (subject to hydrolysis) is 1. The Kier molecular flexibility index (Phi) is 8.92. The second-order valence-corrected chi connectivity index (χ2v) is 6.95. The predicted octanol–water partition coefficient (Wildman–Crippen LogP) is 2.86. The summed E-state index contributed by atoms with van der Waals surface area (Å²) in [6.45, 7) is 7.56. The van der Waals surface area contributed by atoms with Crippen molar-refractivity contribution in [1.29, 1.82) is 0 Å². The number of nitrogens with one attached hydrogen (secondary N) is 2. The van der Waals surface area contributed by atoms with E-state index in [2.05, 4.69) is 10.6 Å². The van der Waals surface area contributed by atoms with E-state index in [0.29, 0.717) is 30.7 Å². The lowest BCUT2D eigenvalue weighted by molar-refractivity contribution is -0.105. The molecule has 0 spiro atoms. The van der Waals surface area contributed by atoms with Crippen molar-refractivity contribution in [3.05, 3.63) is 23.8 Å². The smallest absolute Gasteiger partial charge is 0.407 e. The number of rotatable bonds is 10. The number of hydrogen-bond donors (Lipinski definition) is 3. The first-order chi connectivity index (χ1) is 12.3. The molecular weight excluding hydrogens is 336 g/mol. The number of aryl methyl sites for hydroxylation is 1. The number of hydrogen-bond acceptors (Lipinski definition) is 5. The van der Waals surface area contributed by atoms with Gasteiger partial charge >= 0.3 is 6.09 Å². The zero-order valence-electron chi connectivity index (χ0n) is 16.0. The largest absolute Gasteiger partial charge is 0.491 e. The van der Waals surface area contributed by atoms with Crippen molar-refractivity contribution in [3.63, 3.8) is 0 Å². The van der Waals surface area contributed by atoms with Gasteiger partial charge in [0, 0.05) is 17.8 Å². The van der Waals surface area contributed by atoms with Crippen LogP contribution in [0, 0.1) is 0 Å². The van der Waals surface area contributed by atoms with Crippen LogP contribution in [0.5, 0.6) is 5.75 Å². The summed E-state index contributed by atoms with van der Waals surface area (Å²) in [5.74, 6) is 0.609. The first-order valence-electron chi connectivity index (χ1n) is 8.85. The van der Waals surface area contributed by atoms with Gasteiger partial charge in [-0.1, -0.05) is 13.0 Å². The number of amides is 2. The molecule has 0 aliphatic heterocycles. The summed E-state index contributed by atoms with van der Waals surface area (Å²) >= 11 is 0. The van der Waals surface area contributed by atoms with Gasteiger partial charge in [-0.15, -0.1) is 0 Å². The van der Waals surface area contributed by atoms with Crippen LogP contribution in [0.1, 0.15) is 46.1 Å². The first-order valence-corrected chi connectivity index (χ1v) is 8.85. The van der Waals surface area contributed by atoms with Crippen LogP contribution >= 0.6 is 0 Å². The standard InChI is InChI=1S/C19H30N2O5/c1-5-15(21-18(24)26-19(2,3)4)8-6-14-7-9-16(20-13-23)12-17(14)25-11-10-22/h7,9,12-13,15,22H,5-6,8,10-11H2,1-4H3,(H,20,23)(H,21,24)/t15-/m1/s1. The van der Waals surface area contributed by atoms with E-state index in [4.69, 9.17) is 14.6 Å². The third-order valence-corrected chi connectivity index (χ3v) is 3.62. The average molecular weight is 366 g/mol. The summed E-state index contributed by atoms with van der Waals surface area (Å²) in [7, 11) is 0. The van der Waals surface area contributed by atoms with E-state index in [9.17, 15) is 9.59 Å². The van der Waals surface area contributed by atoms with Crippen molar-refractivity contribution >= 4 is 18.2 Å². The summed E-state index contributed by atoms with van der Waals surface area (Å²) in [5.41, 5.74) is 1.03. The van der Waals surface area contributed by atoms with Crippen LogP contribution in [0.3, 0.4) is 0 Å². The fourth-order valence-corrected chi connectivity index (χ4v) is 2.39. The van der Waals surface area contributed by atoms with Gasteiger partial charge in [-0.05, 0) is 51.7 Å². The molecule has 0 aliphatic carbocycles. The Morgan fingerprint density at radius 2 is 2.08 bits per heavy atom. The number of aliphatic hydroxyl groups excluding tert-OH is 1. The molecule has 0 saturated carbocycles. The van der Waals surface area contributed by atoms with Gasteiger partial charge in [-0.3, -0.25) is 4.79 Å². The molecule has 26 heavy (non-hydrogen) atoms. The lowest BCUT2D eigenvalue weighted by Crippen LogP contribution is -2.39. The number of aliphatic hydroxyl groups is 1. The highest BCUT2D eigenvalue weighted by Crippen LogP contribution is 2.25. The van der Waals surface area contributed by atoms with Crippen molar-refractivity contribution < 1.29 is 24.2 Å². The number of benzene rings is 1. The van der Waals surface area contributed by atoms with Crippen molar-refractivity contribution in [2.45, 2.75) is 58.6 Å². The molecule has 3 N–H and O–H groups in total. The zero-order chi connectivity index (χ0) is 19.6. The molecular formula is C19H30N2O5. The maximum Gasteiger partial charge on any atom is 0.407 e. The van der Waals surface area contributed by atoms with E-state index in [1.165, 1.54) is 0 Å². The van der Waals surface area contributed by atoms with Gasteiger partial charge in [0.2, 0.25) is 6.41 Å². The van der Waals surface area contributed by atoms with Crippen LogP contribution in [-0.2, 0) is 16.0 Å². The molecule has 146 valence electrons. The van der Waals surface area contributed by atoms with Crippen LogP contribution in [0.25, 0.3) is 0 Å². The quantitative estimate of drug-likeness (QED) is 0.553. The van der Waals surface area contributed by atoms with E-state index in [1.54, 1.807) is 12.1 Å². The monoisotopic (exact) mass is 366 g/mol. The summed E-state index contributed by atoms with van der Waals surface area (Å²) in [4.78, 5) is 22.5. The average Bonchev–Trinajstić information content (AvgIpc) is 2.56. The molecule has 1 aromatic rings. The molecule has 1 rings (SSSR count). The highest BCUT2D eigenvalue weighted by atomic mass is 16.6. The highest BCUT2D eigenvalue weighted by Gasteiger charge is 2.19. The fraction of sp³-hybridized carbons (Fsp3) is 0.579. The van der Waals surface area contributed by atoms with E-state index in [-0.39, 0.29) is 19.3 Å². The van der Waals surface area contributed by atoms with Crippen LogP contribution in [0.2, 0.25) is 0 Å². The van der Waals surface area contributed by atoms with Gasteiger partial charge in [0.15, 0.2) is 0 Å². The topological polar surface area (TPSA) is 96.9 Å². The lowest BCUT2D eigenvalue weighted by atomic mass is 10.0. The van der Waals surface area contributed by atoms with Crippen LogP contribution in [-0.4, -0.2) is 42.5 Å². The van der Waals surface area contributed by atoms with E-state index in [0.717, 1.165) is 12.0 Å². The van der Waals surface area contributed by atoms with Gasteiger partial charge in [0.1, 0.15) is 18.0 Å². The number of carbonyl (C=O) groups is 2. The minimum absolute atomic E-state index is 0.0247. The molecule has 2 amide bonds. The molecule has 7 nitrogen and oxygen atoms in total. The van der Waals surface area contributed by atoms with Crippen molar-refractivity contribution in [3.8, 4) is 5.75 Å². The third kappa shape index (κ3) is 8.20. The molecule has 0 heterocycles. The van der Waals surface area contributed by atoms with Crippen molar-refractivity contribution in [2.24, 2.45) is 0 Å². The molecule has 0 fully saturated rings. The first kappa shape index (κ1) is 21.8. The molecule has 1 atom stereocenters. The molecule has 0 bridgehead atoms. The number of anilines is 1. The Labute approximate surface area is 155 Å². The molecule has 0 aromatic heterocycles. The SMILES string of the molecule is CC[C@H](CCc1ccc(NC=O)cc1OCCO)NC(=O)OC(C)(C)C. The molecule has 0 aliphatic rings. The molecule has 0 saturated heterocycles. The summed E-state index contributed by atoms with van der Waals surface area (Å²) in [5, 5.41) is 14.4. The molecule has 0 radical (unpaired) electrons. The Balaban J connectivity index is 2.73. The van der Waals surface area contributed by atoms with Gasteiger partial charge < -0.3 is 25.2 Å². The Morgan fingerprint density at radius 1 is 1.35 bits per heavy atom. The van der Waals surface area contributed by atoms with Crippen molar-refractivity contribution in [2.75, 3.05) is 18.5 Å². The van der Waals surface area contributed by atoms with Gasteiger partial charge in [0.05, 0.1) is 6.61 Å². The Bertz CT molecular complexity index is 584. The fourth-order valence-electron chi connectivity index (χ4n) is 2.39. The van der Waals surface area contributed by atoms with Crippen LogP contribution in [0.4, 0.5) is 10.5 Å². The minimum Gasteiger partial charge on any atom is -0.491 e. The minimum atomic E-state index is -0.533. The summed E-state index contributed by atoms with van der Waals surface area (Å²) < 4.78 is 10.9. The number of ether oxygens (including phenoxy) is 2. The van der Waals surface area contributed by atoms with Gasteiger partial charge in [-0.2, -0.15) is 0 Å². The van der Waals surface area contributed by atoms with Gasteiger partial charge in [-0.25, -0.2) is 4.79 Å². The zero-order valence-corrected chi connectivity index (χ0v) is 16.0. The third-order valence-electron chi connectivity index (χ3n) is 3.62. The number of carbonyl (C=O) groups excluding carboxylic acids is 2. The Morgan fingerprint density at radius 3 is 2.65 bits per heavy atom. The molecule has 1 aromatic carbocycles. The maximum absolute atomic E-state index is 11.9. The summed E-state index contributed by atoms with van der Waals surface area (Å²) in [6.07, 6.45) is 2.34. The maximum atomic E-state index is 11.9. The van der Waals surface area contributed by atoms with E-state index < -0.39 is 11.7 Å². The van der Waals surface area contributed by atoms with Crippen LogP contribution < -0.4 is 15.4 Å². The van der Waals surface area contributed by atoms with E-state index in [1.807, 2.05) is 33.8 Å².